The summed E-state index contributed by atoms with van der Waals surface area (Å²) >= 11 is 0. The van der Waals surface area contributed by atoms with Gasteiger partial charge in [-0.3, -0.25) is 0 Å². The minimum absolute atomic E-state index is 0.00426. The van der Waals surface area contributed by atoms with Crippen LogP contribution in [0.2, 0.25) is 0 Å². The molecule has 1 fully saturated rings. The molecule has 2 aliphatic carbocycles. The summed E-state index contributed by atoms with van der Waals surface area (Å²) in [5, 5.41) is 10.5. The van der Waals surface area contributed by atoms with E-state index in [4.69, 9.17) is 0 Å². The Kier molecular flexibility index (Phi) is 4.20. The minimum Gasteiger partial charge on any atom is -0.396 e. The monoisotopic (exact) mass is 298 g/mol. The summed E-state index contributed by atoms with van der Waals surface area (Å²) in [4.78, 5) is 0. The number of fused-ring (bicyclic) bond motifs is 1. The molecule has 120 valence electrons. The van der Waals surface area contributed by atoms with E-state index < -0.39 is 0 Å². The standard InChI is InChI=1S/C21H30O/c1-5-21(13-22)18(17-9-7-6-8-10-17)12-15(3)19-14(2)11-16(4)20(19)21/h6-10,12,14,16,18-20,22H,5,11,13H2,1-4H3/t14-,16-,18-,19-,20+,21-/m1/s1. The molecule has 1 nitrogen and oxygen atoms in total. The first-order chi connectivity index (χ1) is 10.5. The Morgan fingerprint density at radius 2 is 1.82 bits per heavy atom. The second-order valence-electron chi connectivity index (χ2n) is 7.79. The summed E-state index contributed by atoms with van der Waals surface area (Å²) in [6, 6.07) is 10.8. The summed E-state index contributed by atoms with van der Waals surface area (Å²) in [5.74, 6) is 3.04. The Labute approximate surface area is 135 Å². The summed E-state index contributed by atoms with van der Waals surface area (Å²) < 4.78 is 0. The molecule has 1 N–H and O–H groups in total. The van der Waals surface area contributed by atoms with Crippen LogP contribution in [0.4, 0.5) is 0 Å². The van der Waals surface area contributed by atoms with Crippen molar-refractivity contribution in [3.05, 3.63) is 47.5 Å². The maximum absolute atomic E-state index is 10.5. The van der Waals surface area contributed by atoms with E-state index in [1.54, 1.807) is 5.57 Å². The van der Waals surface area contributed by atoms with Gasteiger partial charge in [0.25, 0.3) is 0 Å². The van der Waals surface area contributed by atoms with E-state index in [2.05, 4.69) is 64.1 Å². The zero-order chi connectivity index (χ0) is 15.9. The Hall–Kier alpha value is -1.08. The van der Waals surface area contributed by atoms with Crippen LogP contribution in [-0.4, -0.2) is 11.7 Å². The van der Waals surface area contributed by atoms with Crippen molar-refractivity contribution in [2.45, 2.75) is 46.5 Å². The first kappa shape index (κ1) is 15.8. The lowest BCUT2D eigenvalue weighted by Crippen LogP contribution is -2.46. The van der Waals surface area contributed by atoms with Crippen LogP contribution in [0.15, 0.2) is 42.0 Å². The number of hydrogen-bond donors (Lipinski definition) is 1. The molecular weight excluding hydrogens is 268 g/mol. The predicted octanol–water partition coefficient (Wildman–Crippen LogP) is 5.03. The third-order valence-corrected chi connectivity index (χ3v) is 6.71. The van der Waals surface area contributed by atoms with Crippen molar-refractivity contribution in [3.63, 3.8) is 0 Å². The highest BCUT2D eigenvalue weighted by atomic mass is 16.3. The lowest BCUT2D eigenvalue weighted by molar-refractivity contribution is -0.00101. The van der Waals surface area contributed by atoms with E-state index in [0.717, 1.165) is 12.3 Å². The molecule has 0 spiro atoms. The maximum Gasteiger partial charge on any atom is 0.0499 e. The van der Waals surface area contributed by atoms with Crippen LogP contribution in [0.5, 0.6) is 0 Å². The van der Waals surface area contributed by atoms with Crippen LogP contribution in [-0.2, 0) is 0 Å². The molecule has 0 amide bonds. The summed E-state index contributed by atoms with van der Waals surface area (Å²) in [6.45, 7) is 9.69. The highest BCUT2D eigenvalue weighted by molar-refractivity contribution is 5.34. The van der Waals surface area contributed by atoms with Crippen LogP contribution < -0.4 is 0 Å². The Morgan fingerprint density at radius 1 is 1.14 bits per heavy atom. The Morgan fingerprint density at radius 3 is 2.41 bits per heavy atom. The second kappa shape index (κ2) is 5.85. The van der Waals surface area contributed by atoms with E-state index in [1.807, 2.05) is 0 Å². The van der Waals surface area contributed by atoms with Gasteiger partial charge in [-0.05, 0) is 49.0 Å². The van der Waals surface area contributed by atoms with Crippen molar-refractivity contribution in [1.82, 2.24) is 0 Å². The third kappa shape index (κ3) is 2.17. The number of benzene rings is 1. The summed E-state index contributed by atoms with van der Waals surface area (Å²) in [7, 11) is 0. The van der Waals surface area contributed by atoms with Gasteiger partial charge in [-0.1, -0.05) is 62.8 Å². The first-order valence-electron chi connectivity index (χ1n) is 8.89. The van der Waals surface area contributed by atoms with Gasteiger partial charge in [0, 0.05) is 17.9 Å². The molecule has 2 aliphatic rings. The van der Waals surface area contributed by atoms with Crippen molar-refractivity contribution >= 4 is 0 Å². The number of aliphatic hydroxyl groups excluding tert-OH is 1. The molecule has 0 aliphatic heterocycles. The van der Waals surface area contributed by atoms with Gasteiger partial charge in [-0.2, -0.15) is 0 Å². The van der Waals surface area contributed by atoms with Crippen molar-refractivity contribution < 1.29 is 5.11 Å². The lowest BCUT2D eigenvalue weighted by atomic mass is 9.54. The van der Waals surface area contributed by atoms with Gasteiger partial charge in [-0.15, -0.1) is 0 Å². The Balaban J connectivity index is 2.15. The molecule has 0 bridgehead atoms. The van der Waals surface area contributed by atoms with Crippen LogP contribution in [0.25, 0.3) is 0 Å². The molecule has 0 aromatic heterocycles. The minimum atomic E-state index is -0.00426. The van der Waals surface area contributed by atoms with Crippen LogP contribution in [0.1, 0.15) is 52.0 Å². The van der Waals surface area contributed by atoms with Gasteiger partial charge < -0.3 is 5.11 Å². The largest absolute Gasteiger partial charge is 0.396 e. The molecule has 1 heteroatoms. The van der Waals surface area contributed by atoms with E-state index in [-0.39, 0.29) is 5.41 Å². The topological polar surface area (TPSA) is 20.2 Å². The van der Waals surface area contributed by atoms with Crippen molar-refractivity contribution in [1.29, 1.82) is 0 Å². The molecule has 0 saturated heterocycles. The molecule has 3 rings (SSSR count). The average molecular weight is 298 g/mol. The molecular formula is C21H30O. The first-order valence-corrected chi connectivity index (χ1v) is 8.89. The fourth-order valence-electron chi connectivity index (χ4n) is 5.85. The van der Waals surface area contributed by atoms with Gasteiger partial charge >= 0.3 is 0 Å². The summed E-state index contributed by atoms with van der Waals surface area (Å²) in [6.07, 6.45) is 4.82. The fourth-order valence-corrected chi connectivity index (χ4v) is 5.85. The van der Waals surface area contributed by atoms with E-state index in [9.17, 15) is 5.11 Å². The third-order valence-electron chi connectivity index (χ3n) is 6.71. The predicted molar refractivity (Wildman–Crippen MR) is 92.7 cm³/mol. The van der Waals surface area contributed by atoms with Gasteiger partial charge in [0.1, 0.15) is 0 Å². The average Bonchev–Trinajstić information content (AvgIpc) is 2.84. The van der Waals surface area contributed by atoms with Gasteiger partial charge in [0.05, 0.1) is 0 Å². The number of allylic oxidation sites excluding steroid dienone is 2. The lowest BCUT2D eigenvalue weighted by Gasteiger charge is -2.51. The van der Waals surface area contributed by atoms with Crippen molar-refractivity contribution in [2.24, 2.45) is 29.1 Å². The second-order valence-corrected chi connectivity index (χ2v) is 7.79. The van der Waals surface area contributed by atoms with Crippen LogP contribution in [0, 0.1) is 29.1 Å². The molecule has 6 atom stereocenters. The molecule has 22 heavy (non-hydrogen) atoms. The SMILES string of the molecule is CC[C@]1(CO)[C@@H]2[C@@H](C(C)=C[C@@H]1c1ccccc1)[C@H](C)C[C@H]2C. The van der Waals surface area contributed by atoms with Crippen molar-refractivity contribution in [3.8, 4) is 0 Å². The molecule has 1 aromatic carbocycles. The molecule has 1 saturated carbocycles. The highest BCUT2D eigenvalue weighted by Gasteiger charge is 2.55. The molecule has 1 aromatic rings. The molecule has 0 radical (unpaired) electrons. The smallest absolute Gasteiger partial charge is 0.0499 e. The normalized spacial score (nSPS) is 41.1. The maximum atomic E-state index is 10.5. The molecule has 0 heterocycles. The van der Waals surface area contributed by atoms with Crippen LogP contribution >= 0.6 is 0 Å². The van der Waals surface area contributed by atoms with Gasteiger partial charge in [0.15, 0.2) is 0 Å². The van der Waals surface area contributed by atoms with Gasteiger partial charge in [-0.25, -0.2) is 0 Å². The van der Waals surface area contributed by atoms with E-state index >= 15 is 0 Å². The van der Waals surface area contributed by atoms with Crippen molar-refractivity contribution in [2.75, 3.05) is 6.61 Å². The quantitative estimate of drug-likeness (QED) is 0.776. The van der Waals surface area contributed by atoms with Gasteiger partial charge in [0.2, 0.25) is 0 Å². The van der Waals surface area contributed by atoms with Crippen LogP contribution in [0.3, 0.4) is 0 Å². The highest BCUT2D eigenvalue weighted by Crippen LogP contribution is 2.62. The van der Waals surface area contributed by atoms with E-state index in [1.165, 1.54) is 12.0 Å². The molecule has 0 unspecified atom stereocenters. The fraction of sp³-hybridized carbons (Fsp3) is 0.619. The zero-order valence-electron chi connectivity index (χ0n) is 14.4. The number of hydrogen-bond acceptors (Lipinski definition) is 1. The zero-order valence-corrected chi connectivity index (χ0v) is 14.4. The Bertz CT molecular complexity index is 540. The summed E-state index contributed by atoms with van der Waals surface area (Å²) in [5.41, 5.74) is 2.91. The number of rotatable bonds is 3. The number of aliphatic hydroxyl groups is 1. The van der Waals surface area contributed by atoms with E-state index in [0.29, 0.717) is 30.3 Å².